The molecule has 6 heteroatoms. The summed E-state index contributed by atoms with van der Waals surface area (Å²) in [7, 11) is 0. The second-order valence-corrected chi connectivity index (χ2v) is 6.71. The molecular formula is C20H21ClN4O. The number of hydrogen-bond donors (Lipinski definition) is 2. The fourth-order valence-electron chi connectivity index (χ4n) is 3.15. The average molecular weight is 369 g/mol. The fourth-order valence-corrected chi connectivity index (χ4v) is 3.33. The molecule has 0 saturated heterocycles. The minimum absolute atomic E-state index is 0.0500. The van der Waals surface area contributed by atoms with Crippen LogP contribution in [0.1, 0.15) is 47.3 Å². The van der Waals surface area contributed by atoms with Gasteiger partial charge in [-0.25, -0.2) is 9.97 Å². The lowest BCUT2D eigenvalue weighted by Gasteiger charge is -2.22. The van der Waals surface area contributed by atoms with Gasteiger partial charge in [0.2, 0.25) is 0 Å². The van der Waals surface area contributed by atoms with Gasteiger partial charge in [-0.1, -0.05) is 37.1 Å². The molecule has 0 aliphatic heterocycles. The third-order valence-corrected chi connectivity index (χ3v) is 4.67. The molecular weight excluding hydrogens is 348 g/mol. The summed E-state index contributed by atoms with van der Waals surface area (Å²) in [5.41, 5.74) is 8.71. The van der Waals surface area contributed by atoms with Crippen LogP contribution in [0.3, 0.4) is 0 Å². The molecule has 134 valence electrons. The van der Waals surface area contributed by atoms with Gasteiger partial charge in [-0.3, -0.25) is 4.79 Å². The summed E-state index contributed by atoms with van der Waals surface area (Å²) >= 11 is 6.21. The molecule has 0 bridgehead atoms. The zero-order valence-corrected chi connectivity index (χ0v) is 15.5. The molecule has 1 heterocycles. The van der Waals surface area contributed by atoms with E-state index in [4.69, 9.17) is 17.3 Å². The lowest BCUT2D eigenvalue weighted by Crippen LogP contribution is -2.15. The van der Waals surface area contributed by atoms with Crippen LogP contribution in [0.25, 0.3) is 10.9 Å². The van der Waals surface area contributed by atoms with E-state index in [-0.39, 0.29) is 6.04 Å². The van der Waals surface area contributed by atoms with E-state index in [1.54, 1.807) is 12.1 Å². The Hall–Kier alpha value is -2.66. The molecule has 26 heavy (non-hydrogen) atoms. The molecule has 0 aliphatic carbocycles. The van der Waals surface area contributed by atoms with Gasteiger partial charge in [-0.15, -0.1) is 0 Å². The molecule has 2 aromatic carbocycles. The molecule has 3 rings (SSSR count). The standard InChI is InChI=1S/C20H21ClN4O/c1-3-5-17(16-10-13(21)9-8-12(16)2)25-20-15-7-4-6-14(19(22)26)18(15)23-11-24-20/h4,6-11,17H,3,5H2,1-2H3,(H2,22,26)(H,23,24,25)/t17-/m1/s1. The number of hydrogen-bond acceptors (Lipinski definition) is 4. The molecule has 0 radical (unpaired) electrons. The minimum Gasteiger partial charge on any atom is -0.366 e. The number of carbonyl (C=O) groups excluding carboxylic acids is 1. The fraction of sp³-hybridized carbons (Fsp3) is 0.250. The molecule has 0 aliphatic rings. The first kappa shape index (κ1) is 18.1. The average Bonchev–Trinajstić information content (AvgIpc) is 2.63. The Labute approximate surface area is 157 Å². The highest BCUT2D eigenvalue weighted by molar-refractivity contribution is 6.30. The highest BCUT2D eigenvalue weighted by atomic mass is 35.5. The summed E-state index contributed by atoms with van der Waals surface area (Å²) in [6, 6.07) is 11.3. The van der Waals surface area contributed by atoms with Crippen LogP contribution in [0.15, 0.2) is 42.7 Å². The van der Waals surface area contributed by atoms with Gasteiger partial charge in [0.25, 0.3) is 5.91 Å². The Balaban J connectivity index is 2.06. The van der Waals surface area contributed by atoms with Gasteiger partial charge in [0.1, 0.15) is 12.1 Å². The van der Waals surface area contributed by atoms with Gasteiger partial charge >= 0.3 is 0 Å². The van der Waals surface area contributed by atoms with Crippen LogP contribution in [-0.2, 0) is 0 Å². The Morgan fingerprint density at radius 2 is 2.08 bits per heavy atom. The first-order chi connectivity index (χ1) is 12.5. The number of aromatic nitrogens is 2. The quantitative estimate of drug-likeness (QED) is 0.663. The summed E-state index contributed by atoms with van der Waals surface area (Å²) in [5, 5.41) is 4.99. The van der Waals surface area contributed by atoms with Gasteiger partial charge in [0.15, 0.2) is 0 Å². The van der Waals surface area contributed by atoms with Crippen LogP contribution in [0.4, 0.5) is 5.82 Å². The van der Waals surface area contributed by atoms with E-state index in [9.17, 15) is 4.79 Å². The number of primary amides is 1. The van der Waals surface area contributed by atoms with Crippen LogP contribution in [0, 0.1) is 6.92 Å². The molecule has 1 aromatic heterocycles. The predicted molar refractivity (Wildman–Crippen MR) is 106 cm³/mol. The number of carbonyl (C=O) groups is 1. The number of rotatable bonds is 6. The van der Waals surface area contributed by atoms with Crippen LogP contribution in [0.2, 0.25) is 5.02 Å². The minimum atomic E-state index is -0.504. The Bertz CT molecular complexity index is 958. The number of aryl methyl sites for hydroxylation is 1. The van der Waals surface area contributed by atoms with Crippen molar-refractivity contribution < 1.29 is 4.79 Å². The Kier molecular flexibility index (Phi) is 5.38. The van der Waals surface area contributed by atoms with Crippen LogP contribution >= 0.6 is 11.6 Å². The highest BCUT2D eigenvalue weighted by Crippen LogP contribution is 2.31. The maximum absolute atomic E-state index is 11.7. The van der Waals surface area contributed by atoms with Crippen molar-refractivity contribution in [3.05, 3.63) is 64.4 Å². The molecule has 1 atom stereocenters. The number of halogens is 1. The largest absolute Gasteiger partial charge is 0.366 e. The molecule has 5 nitrogen and oxygen atoms in total. The van der Waals surface area contributed by atoms with Crippen molar-refractivity contribution in [2.24, 2.45) is 5.73 Å². The van der Waals surface area contributed by atoms with Gasteiger partial charge in [-0.05, 0) is 48.7 Å². The van der Waals surface area contributed by atoms with E-state index in [0.29, 0.717) is 21.9 Å². The van der Waals surface area contributed by atoms with Crippen LogP contribution in [-0.4, -0.2) is 15.9 Å². The summed E-state index contributed by atoms with van der Waals surface area (Å²) in [5.74, 6) is 0.173. The number of nitrogens with two attached hydrogens (primary N) is 1. The third kappa shape index (κ3) is 3.63. The normalized spacial score (nSPS) is 12.1. The molecule has 3 aromatic rings. The monoisotopic (exact) mass is 368 g/mol. The van der Waals surface area contributed by atoms with E-state index in [1.165, 1.54) is 6.33 Å². The molecule has 0 spiro atoms. The van der Waals surface area contributed by atoms with Crippen LogP contribution in [0.5, 0.6) is 0 Å². The van der Waals surface area contributed by atoms with E-state index < -0.39 is 5.91 Å². The Morgan fingerprint density at radius 1 is 1.27 bits per heavy atom. The first-order valence-electron chi connectivity index (χ1n) is 8.57. The lowest BCUT2D eigenvalue weighted by molar-refractivity contribution is 0.100. The smallest absolute Gasteiger partial charge is 0.250 e. The van der Waals surface area contributed by atoms with Gasteiger partial charge < -0.3 is 11.1 Å². The van der Waals surface area contributed by atoms with Crippen LogP contribution < -0.4 is 11.1 Å². The van der Waals surface area contributed by atoms with Gasteiger partial charge in [0.05, 0.1) is 17.1 Å². The van der Waals surface area contributed by atoms with Gasteiger partial charge in [-0.2, -0.15) is 0 Å². The molecule has 1 amide bonds. The maximum Gasteiger partial charge on any atom is 0.250 e. The zero-order valence-electron chi connectivity index (χ0n) is 14.8. The second-order valence-electron chi connectivity index (χ2n) is 6.27. The zero-order chi connectivity index (χ0) is 18.7. The number of para-hydroxylation sites is 1. The van der Waals surface area contributed by atoms with Crippen molar-refractivity contribution in [2.45, 2.75) is 32.7 Å². The first-order valence-corrected chi connectivity index (χ1v) is 8.95. The Morgan fingerprint density at radius 3 is 2.81 bits per heavy atom. The molecule has 0 fully saturated rings. The van der Waals surface area contributed by atoms with Gasteiger partial charge in [0, 0.05) is 10.4 Å². The van der Waals surface area contributed by atoms with E-state index in [2.05, 4.69) is 29.1 Å². The van der Waals surface area contributed by atoms with E-state index in [1.807, 2.05) is 24.3 Å². The molecule has 3 N–H and O–H groups in total. The summed E-state index contributed by atoms with van der Waals surface area (Å²) in [4.78, 5) is 20.3. The van der Waals surface area contributed by atoms with Crippen molar-refractivity contribution >= 4 is 34.2 Å². The lowest BCUT2D eigenvalue weighted by atomic mass is 9.97. The molecule has 0 saturated carbocycles. The summed E-state index contributed by atoms with van der Waals surface area (Å²) in [6.45, 7) is 4.21. The van der Waals surface area contributed by atoms with Crippen molar-refractivity contribution in [3.63, 3.8) is 0 Å². The third-order valence-electron chi connectivity index (χ3n) is 4.44. The number of nitrogens with zero attached hydrogens (tertiary/aromatic N) is 2. The number of fused-ring (bicyclic) bond motifs is 1. The summed E-state index contributed by atoms with van der Waals surface area (Å²) < 4.78 is 0. The van der Waals surface area contributed by atoms with E-state index >= 15 is 0 Å². The highest BCUT2D eigenvalue weighted by Gasteiger charge is 2.17. The van der Waals surface area contributed by atoms with Crippen molar-refractivity contribution in [1.82, 2.24) is 9.97 Å². The summed E-state index contributed by atoms with van der Waals surface area (Å²) in [6.07, 6.45) is 3.37. The van der Waals surface area contributed by atoms with Crippen molar-refractivity contribution in [2.75, 3.05) is 5.32 Å². The van der Waals surface area contributed by atoms with Crippen molar-refractivity contribution in [1.29, 1.82) is 0 Å². The number of nitrogens with one attached hydrogen (secondary N) is 1. The van der Waals surface area contributed by atoms with Crippen molar-refractivity contribution in [3.8, 4) is 0 Å². The second kappa shape index (κ2) is 7.70. The number of amides is 1. The SMILES string of the molecule is CCC[C@@H](Nc1ncnc2c(C(N)=O)cccc12)c1cc(Cl)ccc1C. The van der Waals surface area contributed by atoms with E-state index in [0.717, 1.165) is 29.4 Å². The topological polar surface area (TPSA) is 80.9 Å². The maximum atomic E-state index is 11.7. The number of benzene rings is 2. The predicted octanol–water partition coefficient (Wildman–Crippen LogP) is 4.64. The number of anilines is 1. The molecule has 0 unspecified atom stereocenters.